The van der Waals surface area contributed by atoms with E-state index >= 15 is 0 Å². The summed E-state index contributed by atoms with van der Waals surface area (Å²) in [5, 5.41) is 0. The Hall–Kier alpha value is -0.480. The van der Waals surface area contributed by atoms with Gasteiger partial charge in [-0.2, -0.15) is 8.42 Å². The summed E-state index contributed by atoms with van der Waals surface area (Å²) in [6.07, 6.45) is 2.45. The molecule has 0 N–H and O–H groups in total. The van der Waals surface area contributed by atoms with Crippen molar-refractivity contribution in [1.82, 2.24) is 0 Å². The molecule has 0 aliphatic rings. The van der Waals surface area contributed by atoms with Crippen LogP contribution in [0.4, 0.5) is 0 Å². The van der Waals surface area contributed by atoms with E-state index in [0.717, 1.165) is 6.08 Å². The molecule has 0 unspecified atom stereocenters. The van der Waals surface area contributed by atoms with Crippen molar-refractivity contribution in [3.63, 3.8) is 0 Å². The molecule has 112 valence electrons. The van der Waals surface area contributed by atoms with Crippen LogP contribution in [0.3, 0.4) is 0 Å². The second-order valence-corrected chi connectivity index (χ2v) is 6.42. The van der Waals surface area contributed by atoms with Gasteiger partial charge in [-0.1, -0.05) is 30.4 Å². The van der Waals surface area contributed by atoms with E-state index in [1.165, 1.54) is 18.2 Å². The average Bonchev–Trinajstić information content (AvgIpc) is 2.37. The monoisotopic (exact) mass is 342 g/mol. The maximum absolute atomic E-state index is 11.3. The molecule has 0 saturated carbocycles. The molecule has 0 aromatic heterocycles. The van der Waals surface area contributed by atoms with Crippen LogP contribution < -0.4 is 29.6 Å². The molecular formula is C12H15NaO6S2. The molecule has 0 spiro atoms. The molecule has 0 radical (unpaired) electrons. The van der Waals surface area contributed by atoms with E-state index < -0.39 is 26.0 Å². The van der Waals surface area contributed by atoms with Crippen LogP contribution in [0.1, 0.15) is 0 Å². The maximum atomic E-state index is 11.3. The number of hydrogen-bond donors (Lipinski definition) is 0. The third kappa shape index (κ3) is 11.8. The minimum atomic E-state index is -4.04. The first kappa shape index (κ1) is 22.8. The van der Waals surface area contributed by atoms with Crippen LogP contribution in [0.15, 0.2) is 60.5 Å². The Labute approximate surface area is 147 Å². The fourth-order valence-electron chi connectivity index (χ4n) is 0.937. The molecule has 0 atom stereocenters. The summed E-state index contributed by atoms with van der Waals surface area (Å²) in [5.74, 6) is -0.479. The topological polar surface area (TPSA) is 101 Å². The van der Waals surface area contributed by atoms with Crippen LogP contribution in [-0.2, 0) is 24.4 Å². The van der Waals surface area contributed by atoms with Crippen molar-refractivity contribution < 1.29 is 55.1 Å². The molecule has 21 heavy (non-hydrogen) atoms. The Kier molecular flexibility index (Phi) is 12.1. The zero-order valence-corrected chi connectivity index (χ0v) is 15.3. The van der Waals surface area contributed by atoms with Crippen LogP contribution in [0.2, 0.25) is 0 Å². The molecule has 9 heteroatoms. The summed E-state index contributed by atoms with van der Waals surface area (Å²) in [6, 6.07) is 8.00. The molecule has 0 amide bonds. The largest absolute Gasteiger partial charge is 1.00 e. The molecule has 1 aromatic carbocycles. The molecule has 1 rings (SSSR count). The van der Waals surface area contributed by atoms with Gasteiger partial charge in [0.1, 0.15) is 0 Å². The van der Waals surface area contributed by atoms with E-state index in [4.69, 9.17) is 0 Å². The SMILES string of the molecule is C=CCOS(=O)(=O)c1ccccc1.C=CCS(=O)(=O)[O-].[Na+]. The van der Waals surface area contributed by atoms with Crippen molar-refractivity contribution in [2.75, 3.05) is 12.4 Å². The van der Waals surface area contributed by atoms with E-state index in [1.807, 2.05) is 0 Å². The first-order valence-corrected chi connectivity index (χ1v) is 8.31. The molecular weight excluding hydrogens is 327 g/mol. The summed E-state index contributed by atoms with van der Waals surface area (Å²) in [4.78, 5) is 0.164. The van der Waals surface area contributed by atoms with Crippen LogP contribution >= 0.6 is 0 Å². The fourth-order valence-corrected chi connectivity index (χ4v) is 2.13. The molecule has 0 aliphatic heterocycles. The summed E-state index contributed by atoms with van der Waals surface area (Å²) < 4.78 is 56.1. The smallest absolute Gasteiger partial charge is 0.748 e. The normalized spacial score (nSPS) is 10.5. The zero-order chi connectivity index (χ0) is 15.6. The average molecular weight is 342 g/mol. The summed E-state index contributed by atoms with van der Waals surface area (Å²) in [6.45, 7) is 6.43. The van der Waals surface area contributed by atoms with Crippen molar-refractivity contribution in [1.29, 1.82) is 0 Å². The van der Waals surface area contributed by atoms with E-state index in [9.17, 15) is 21.4 Å². The third-order valence-electron chi connectivity index (χ3n) is 1.69. The quantitative estimate of drug-likeness (QED) is 0.264. The predicted molar refractivity (Wildman–Crippen MR) is 74.5 cm³/mol. The van der Waals surface area contributed by atoms with Gasteiger partial charge >= 0.3 is 29.6 Å². The van der Waals surface area contributed by atoms with Crippen LogP contribution in [-0.4, -0.2) is 33.7 Å². The van der Waals surface area contributed by atoms with Crippen molar-refractivity contribution in [2.45, 2.75) is 4.90 Å². The Balaban J connectivity index is 0. The van der Waals surface area contributed by atoms with Gasteiger partial charge in [0.15, 0.2) is 0 Å². The van der Waals surface area contributed by atoms with Gasteiger partial charge in [-0.05, 0) is 12.1 Å². The van der Waals surface area contributed by atoms with Gasteiger partial charge < -0.3 is 4.55 Å². The van der Waals surface area contributed by atoms with Gasteiger partial charge in [0.2, 0.25) is 0 Å². The van der Waals surface area contributed by atoms with Crippen molar-refractivity contribution in [2.24, 2.45) is 0 Å². The Morgan fingerprint density at radius 3 is 1.90 bits per heavy atom. The Bertz CT molecular complexity index is 623. The Morgan fingerprint density at radius 2 is 1.57 bits per heavy atom. The minimum absolute atomic E-state index is 0. The van der Waals surface area contributed by atoms with E-state index in [-0.39, 0.29) is 41.1 Å². The second kappa shape index (κ2) is 11.1. The molecule has 1 aromatic rings. The number of rotatable bonds is 6. The van der Waals surface area contributed by atoms with Gasteiger partial charge in [0.25, 0.3) is 10.1 Å². The van der Waals surface area contributed by atoms with E-state index in [0.29, 0.717) is 0 Å². The third-order valence-corrected chi connectivity index (χ3v) is 3.63. The fraction of sp³-hybridized carbons (Fsp3) is 0.167. The van der Waals surface area contributed by atoms with Crippen LogP contribution in [0, 0.1) is 0 Å². The summed E-state index contributed by atoms with van der Waals surface area (Å²) in [5.41, 5.74) is 0. The van der Waals surface area contributed by atoms with Gasteiger partial charge in [-0.15, -0.1) is 13.2 Å². The predicted octanol–water partition coefficient (Wildman–Crippen LogP) is -1.70. The van der Waals surface area contributed by atoms with Crippen molar-refractivity contribution in [3.05, 3.63) is 55.6 Å². The van der Waals surface area contributed by atoms with Gasteiger partial charge in [0, 0.05) is 0 Å². The number of hydrogen-bond acceptors (Lipinski definition) is 6. The summed E-state index contributed by atoms with van der Waals surface area (Å²) in [7, 11) is -7.64. The van der Waals surface area contributed by atoms with Crippen molar-refractivity contribution >= 4 is 20.2 Å². The molecule has 0 saturated heterocycles. The second-order valence-electron chi connectivity index (χ2n) is 3.35. The molecule has 6 nitrogen and oxygen atoms in total. The zero-order valence-electron chi connectivity index (χ0n) is 11.6. The molecule has 0 aliphatic carbocycles. The maximum Gasteiger partial charge on any atom is 1.00 e. The molecule has 0 bridgehead atoms. The van der Waals surface area contributed by atoms with Gasteiger partial charge in [0.05, 0.1) is 27.4 Å². The van der Waals surface area contributed by atoms with E-state index in [1.54, 1.807) is 18.2 Å². The number of benzene rings is 1. The summed E-state index contributed by atoms with van der Waals surface area (Å²) >= 11 is 0. The molecule has 0 fully saturated rings. The Morgan fingerprint density at radius 1 is 1.05 bits per heavy atom. The standard InChI is InChI=1S/C9H10O3S.C3H6O3S.Na/c1-2-8-12-13(10,11)9-6-4-3-5-7-9;1-2-3-7(4,5)6;/h2-7H,1,8H2;2H,1,3H2,(H,4,5,6);/q;;+1/p-1. The van der Waals surface area contributed by atoms with Crippen LogP contribution in [0.5, 0.6) is 0 Å². The first-order chi connectivity index (χ1) is 9.23. The first-order valence-electron chi connectivity index (χ1n) is 5.33. The minimum Gasteiger partial charge on any atom is -0.748 e. The van der Waals surface area contributed by atoms with E-state index in [2.05, 4.69) is 17.3 Å². The molecule has 0 heterocycles. The van der Waals surface area contributed by atoms with Gasteiger partial charge in [-0.3, -0.25) is 4.18 Å². The van der Waals surface area contributed by atoms with Gasteiger partial charge in [-0.25, -0.2) is 8.42 Å². The van der Waals surface area contributed by atoms with Crippen LogP contribution in [0.25, 0.3) is 0 Å². The van der Waals surface area contributed by atoms with Crippen molar-refractivity contribution in [3.8, 4) is 0 Å².